The highest BCUT2D eigenvalue weighted by Crippen LogP contribution is 2.35. The molecule has 0 aliphatic heterocycles. The molecule has 6 nitrogen and oxygen atoms in total. The monoisotopic (exact) mass is 411 g/mol. The number of hydrogen-bond donors (Lipinski definition) is 3. The van der Waals surface area contributed by atoms with Gasteiger partial charge in [0.05, 0.1) is 16.7 Å². The van der Waals surface area contributed by atoms with Gasteiger partial charge in [-0.1, -0.05) is 25.4 Å². The highest BCUT2D eigenvalue weighted by Gasteiger charge is 2.27. The summed E-state index contributed by atoms with van der Waals surface area (Å²) in [7, 11) is 0. The van der Waals surface area contributed by atoms with Gasteiger partial charge in [0.25, 0.3) is 5.91 Å². The van der Waals surface area contributed by atoms with Gasteiger partial charge in [-0.25, -0.2) is 9.97 Å². The molecule has 1 saturated carbocycles. The Morgan fingerprint density at radius 2 is 2.00 bits per heavy atom. The second-order valence-corrected chi connectivity index (χ2v) is 9.01. The van der Waals surface area contributed by atoms with Crippen molar-refractivity contribution in [2.75, 3.05) is 5.32 Å². The first kappa shape index (κ1) is 19.7. The molecule has 2 aromatic heterocycles. The molecule has 152 valence electrons. The molecule has 0 saturated heterocycles. The molecule has 1 aliphatic rings. The van der Waals surface area contributed by atoms with Gasteiger partial charge in [0.15, 0.2) is 5.15 Å². The van der Waals surface area contributed by atoms with Gasteiger partial charge in [-0.2, -0.15) is 0 Å². The molecule has 2 heterocycles. The van der Waals surface area contributed by atoms with Gasteiger partial charge in [-0.3, -0.25) is 4.79 Å². The van der Waals surface area contributed by atoms with E-state index in [1.165, 1.54) is 0 Å². The van der Waals surface area contributed by atoms with Gasteiger partial charge < -0.3 is 15.6 Å². The molecule has 1 aromatic carbocycles. The number of fused-ring (bicyclic) bond motifs is 1. The molecular weight excluding hydrogens is 386 g/mol. The predicted octanol–water partition coefficient (Wildman–Crippen LogP) is 5.36. The zero-order valence-corrected chi connectivity index (χ0v) is 17.7. The molecule has 0 radical (unpaired) electrons. The van der Waals surface area contributed by atoms with Crippen LogP contribution in [0.15, 0.2) is 30.5 Å². The van der Waals surface area contributed by atoms with Crippen LogP contribution in [0.5, 0.6) is 0 Å². The molecular formula is C22H26ClN5O. The number of rotatable bonds is 4. The number of anilines is 2. The van der Waals surface area contributed by atoms with Crippen LogP contribution in [0.25, 0.3) is 11.0 Å². The first-order valence-electron chi connectivity index (χ1n) is 9.99. The average Bonchev–Trinajstić information content (AvgIpc) is 3.08. The molecule has 29 heavy (non-hydrogen) atoms. The van der Waals surface area contributed by atoms with Crippen LogP contribution in [0.4, 0.5) is 11.6 Å². The minimum Gasteiger partial charge on any atom is -0.349 e. The number of aromatic amines is 1. The number of nitrogens with zero attached hydrogens (tertiary/aromatic N) is 2. The third-order valence-electron chi connectivity index (χ3n) is 5.78. The Morgan fingerprint density at radius 3 is 2.72 bits per heavy atom. The van der Waals surface area contributed by atoms with Gasteiger partial charge in [-0.05, 0) is 67.9 Å². The Balaban J connectivity index is 1.49. The number of benzene rings is 1. The SMILES string of the molecule is Cc1ccnc(Cl)c1Nc1nc2cc(C(=O)NC3CCC(C)(C)CC3)ccc2[nH]1. The zero-order valence-electron chi connectivity index (χ0n) is 17.0. The molecule has 4 rings (SSSR count). The van der Waals surface area contributed by atoms with Crippen molar-refractivity contribution in [3.8, 4) is 0 Å². The van der Waals surface area contributed by atoms with Crippen LogP contribution in [0, 0.1) is 12.3 Å². The lowest BCUT2D eigenvalue weighted by Gasteiger charge is -2.34. The van der Waals surface area contributed by atoms with Crippen molar-refractivity contribution in [3.63, 3.8) is 0 Å². The summed E-state index contributed by atoms with van der Waals surface area (Å²) in [6, 6.07) is 7.65. The maximum absolute atomic E-state index is 12.7. The first-order valence-corrected chi connectivity index (χ1v) is 10.4. The molecule has 1 fully saturated rings. The Hall–Kier alpha value is -2.60. The van der Waals surface area contributed by atoms with Crippen molar-refractivity contribution in [1.29, 1.82) is 0 Å². The number of carbonyl (C=O) groups excluding carboxylic acids is 1. The van der Waals surface area contributed by atoms with E-state index < -0.39 is 0 Å². The summed E-state index contributed by atoms with van der Waals surface area (Å²) >= 11 is 6.19. The Morgan fingerprint density at radius 1 is 1.24 bits per heavy atom. The van der Waals surface area contributed by atoms with E-state index in [-0.39, 0.29) is 11.9 Å². The standard InChI is InChI=1S/C22H26ClN5O/c1-13-8-11-24-19(23)18(13)28-21-26-16-5-4-14(12-17(16)27-21)20(29)25-15-6-9-22(2,3)10-7-15/h4-5,8,11-12,15H,6-7,9-10H2,1-3H3,(H,25,29)(H2,26,27,28). The van der Waals surface area contributed by atoms with Crippen LogP contribution in [0.3, 0.4) is 0 Å². The molecule has 7 heteroatoms. The second-order valence-electron chi connectivity index (χ2n) is 8.65. The lowest BCUT2D eigenvalue weighted by atomic mass is 9.75. The van der Waals surface area contributed by atoms with E-state index in [0.717, 1.165) is 42.3 Å². The number of aromatic nitrogens is 3. The summed E-state index contributed by atoms with van der Waals surface area (Å²) < 4.78 is 0. The predicted molar refractivity (Wildman–Crippen MR) is 117 cm³/mol. The summed E-state index contributed by atoms with van der Waals surface area (Å²) in [6.07, 6.45) is 6.01. The quantitative estimate of drug-likeness (QED) is 0.504. The van der Waals surface area contributed by atoms with Crippen molar-refractivity contribution in [2.45, 2.75) is 52.5 Å². The highest BCUT2D eigenvalue weighted by molar-refractivity contribution is 6.32. The molecule has 1 amide bonds. The average molecular weight is 412 g/mol. The van der Waals surface area contributed by atoms with Crippen molar-refractivity contribution in [2.24, 2.45) is 5.41 Å². The lowest BCUT2D eigenvalue weighted by Crippen LogP contribution is -2.39. The van der Waals surface area contributed by atoms with Gasteiger partial charge in [-0.15, -0.1) is 0 Å². The normalized spacial score (nSPS) is 16.7. The van der Waals surface area contributed by atoms with Crippen molar-refractivity contribution < 1.29 is 4.79 Å². The van der Waals surface area contributed by atoms with Crippen LogP contribution >= 0.6 is 11.6 Å². The number of nitrogens with one attached hydrogen (secondary N) is 3. The third kappa shape index (κ3) is 4.37. The van der Waals surface area contributed by atoms with Crippen LogP contribution in [-0.4, -0.2) is 26.9 Å². The number of hydrogen-bond acceptors (Lipinski definition) is 4. The topological polar surface area (TPSA) is 82.7 Å². The molecule has 0 spiro atoms. The molecule has 0 bridgehead atoms. The van der Waals surface area contributed by atoms with Crippen molar-refractivity contribution in [3.05, 3.63) is 46.7 Å². The van der Waals surface area contributed by atoms with E-state index in [4.69, 9.17) is 11.6 Å². The minimum atomic E-state index is -0.0414. The van der Waals surface area contributed by atoms with Crippen LogP contribution in [0.1, 0.15) is 55.5 Å². The smallest absolute Gasteiger partial charge is 0.251 e. The van der Waals surface area contributed by atoms with Crippen molar-refractivity contribution in [1.82, 2.24) is 20.3 Å². The fourth-order valence-electron chi connectivity index (χ4n) is 3.81. The largest absolute Gasteiger partial charge is 0.349 e. The summed E-state index contributed by atoms with van der Waals surface area (Å²) in [6.45, 7) is 6.54. The molecule has 3 N–H and O–H groups in total. The number of H-pyrrole nitrogens is 1. The number of imidazole rings is 1. The van der Waals surface area contributed by atoms with Gasteiger partial charge in [0, 0.05) is 17.8 Å². The maximum atomic E-state index is 12.7. The summed E-state index contributed by atoms with van der Waals surface area (Å²) in [4.78, 5) is 24.6. The lowest BCUT2D eigenvalue weighted by molar-refractivity contribution is 0.0909. The number of halogens is 1. The number of carbonyl (C=O) groups is 1. The number of aryl methyl sites for hydroxylation is 1. The Kier molecular flexibility index (Phi) is 5.21. The Bertz CT molecular complexity index is 1030. The van der Waals surface area contributed by atoms with E-state index in [1.54, 1.807) is 6.20 Å². The minimum absolute atomic E-state index is 0.0414. The van der Waals surface area contributed by atoms with E-state index >= 15 is 0 Å². The molecule has 1 aliphatic carbocycles. The van der Waals surface area contributed by atoms with E-state index in [0.29, 0.717) is 27.8 Å². The van der Waals surface area contributed by atoms with E-state index in [2.05, 4.69) is 39.4 Å². The van der Waals surface area contributed by atoms with Gasteiger partial charge in [0.1, 0.15) is 0 Å². The van der Waals surface area contributed by atoms with E-state index in [9.17, 15) is 4.79 Å². The summed E-state index contributed by atoms with van der Waals surface area (Å²) in [5, 5.41) is 6.76. The summed E-state index contributed by atoms with van der Waals surface area (Å²) in [5.41, 5.74) is 4.26. The first-order chi connectivity index (χ1) is 13.8. The van der Waals surface area contributed by atoms with Gasteiger partial charge in [0.2, 0.25) is 5.95 Å². The van der Waals surface area contributed by atoms with Crippen molar-refractivity contribution >= 4 is 40.2 Å². The van der Waals surface area contributed by atoms with E-state index in [1.807, 2.05) is 31.2 Å². The number of amides is 1. The van der Waals surface area contributed by atoms with Crippen LogP contribution in [-0.2, 0) is 0 Å². The fourth-order valence-corrected chi connectivity index (χ4v) is 4.06. The van der Waals surface area contributed by atoms with Crippen LogP contribution < -0.4 is 10.6 Å². The Labute approximate surface area is 175 Å². The molecule has 0 unspecified atom stereocenters. The second kappa shape index (κ2) is 7.67. The molecule has 0 atom stereocenters. The zero-order chi connectivity index (χ0) is 20.6. The summed E-state index contributed by atoms with van der Waals surface area (Å²) in [5.74, 6) is 0.519. The fraction of sp³-hybridized carbons (Fsp3) is 0.409. The third-order valence-corrected chi connectivity index (χ3v) is 6.06. The number of pyridine rings is 1. The highest BCUT2D eigenvalue weighted by atomic mass is 35.5. The van der Waals surface area contributed by atoms with Gasteiger partial charge >= 0.3 is 0 Å². The van der Waals surface area contributed by atoms with Crippen LogP contribution in [0.2, 0.25) is 5.15 Å². The maximum Gasteiger partial charge on any atom is 0.251 e. The molecule has 3 aromatic rings.